The summed E-state index contributed by atoms with van der Waals surface area (Å²) < 4.78 is 17.7. The van der Waals surface area contributed by atoms with Crippen molar-refractivity contribution >= 4 is 53.9 Å². The fraction of sp³-hybridized carbons (Fsp3) is 0.0270. The maximum atomic E-state index is 16.5. The zero-order valence-electron chi connectivity index (χ0n) is 22.7. The second kappa shape index (κ2) is 12.9. The van der Waals surface area contributed by atoms with Crippen LogP contribution in [0.3, 0.4) is 0 Å². The van der Waals surface area contributed by atoms with Gasteiger partial charge in [-0.3, -0.25) is 0 Å². The van der Waals surface area contributed by atoms with E-state index in [0.29, 0.717) is 0 Å². The second-order valence-corrected chi connectivity index (χ2v) is 17.9. The number of hydrogen-bond donors (Lipinski definition) is 0. The van der Waals surface area contributed by atoms with Gasteiger partial charge in [0.2, 0.25) is 7.14 Å². The van der Waals surface area contributed by atoms with Crippen molar-refractivity contribution in [2.45, 2.75) is 6.42 Å². The minimum atomic E-state index is -3.31. The molecule has 6 rings (SSSR count). The van der Waals surface area contributed by atoms with Crippen LogP contribution >= 0.6 is 22.6 Å². The topological polar surface area (TPSA) is 17.1 Å². The summed E-state index contributed by atoms with van der Waals surface area (Å²) in [6.07, 6.45) is 9.60. The number of allylic oxidation sites excluding steroid dienone is 4. The highest BCUT2D eigenvalue weighted by Crippen LogP contribution is 2.65. The fourth-order valence-corrected chi connectivity index (χ4v) is 18.0. The Morgan fingerprint density at radius 3 is 1.46 bits per heavy atom. The molecule has 0 amide bonds. The Kier molecular flexibility index (Phi) is 8.60. The van der Waals surface area contributed by atoms with Crippen LogP contribution in [0, 0.1) is 5.66 Å². The predicted octanol–water partition coefficient (Wildman–Crippen LogP) is 8.08. The minimum Gasteiger partial charge on any atom is -0.305 e. The van der Waals surface area contributed by atoms with E-state index in [-0.39, 0.29) is 0 Å². The van der Waals surface area contributed by atoms with Gasteiger partial charge in [-0.05, 0) is 34.8 Å². The molecule has 200 valence electrons. The predicted molar refractivity (Wildman–Crippen MR) is 183 cm³/mol. The average molecular weight is 585 g/mol. The lowest BCUT2D eigenvalue weighted by molar-refractivity contribution is 0.594. The summed E-state index contributed by atoms with van der Waals surface area (Å²) in [5.41, 5.74) is 1.33. The van der Waals surface area contributed by atoms with E-state index in [4.69, 9.17) is 0 Å². The summed E-state index contributed by atoms with van der Waals surface area (Å²) in [5, 5.41) is 5.45. The SMILES string of the molecule is O=P(C(P(c1ccccc1)c1ccccc1)=[P+](c1ccccc1)[C-]1C=CC=CC1)(c1ccccc1)c1ccccc1. The molecular weight excluding hydrogens is 553 g/mol. The van der Waals surface area contributed by atoms with Gasteiger partial charge in [0, 0.05) is 18.5 Å². The van der Waals surface area contributed by atoms with Crippen LogP contribution in [0.4, 0.5) is 0 Å². The number of benzene rings is 5. The van der Waals surface area contributed by atoms with Crippen LogP contribution in [0.1, 0.15) is 6.42 Å². The zero-order chi connectivity index (χ0) is 27.9. The van der Waals surface area contributed by atoms with Crippen molar-refractivity contribution in [1.29, 1.82) is 0 Å². The van der Waals surface area contributed by atoms with Crippen molar-refractivity contribution in [3.8, 4) is 0 Å². The molecule has 1 atom stereocenters. The molecule has 1 unspecified atom stereocenters. The van der Waals surface area contributed by atoms with Gasteiger partial charge < -0.3 is 4.57 Å². The molecule has 41 heavy (non-hydrogen) atoms. The standard InChI is InChI=1S/C37H31OP3/c38-41(35-27-15-5-16-28-35,36-29-17-6-18-30-36)37(39(31-19-7-1-8-20-31)32-21-9-2-10-22-32)40(33-23-11-3-12-24-33)34-25-13-4-14-26-34/h1-25,27-30H,26H2. The highest BCUT2D eigenvalue weighted by Gasteiger charge is 2.46. The first-order valence-electron chi connectivity index (χ1n) is 13.8. The molecule has 5 aromatic rings. The van der Waals surface area contributed by atoms with Crippen LogP contribution in [-0.2, 0) is 4.57 Å². The Morgan fingerprint density at radius 2 is 1.02 bits per heavy atom. The number of rotatable bonds is 8. The van der Waals surface area contributed by atoms with Gasteiger partial charge in [0.15, 0.2) is 4.78 Å². The van der Waals surface area contributed by atoms with Gasteiger partial charge in [-0.1, -0.05) is 140 Å². The van der Waals surface area contributed by atoms with Gasteiger partial charge >= 0.3 is 0 Å². The van der Waals surface area contributed by atoms with E-state index in [1.807, 2.05) is 36.4 Å². The van der Waals surface area contributed by atoms with Gasteiger partial charge in [0.05, 0.1) is 7.55 Å². The van der Waals surface area contributed by atoms with E-state index < -0.39 is 22.6 Å². The first kappa shape index (κ1) is 27.4. The van der Waals surface area contributed by atoms with E-state index in [9.17, 15) is 0 Å². The van der Waals surface area contributed by atoms with Gasteiger partial charge in [-0.25, -0.2) is 6.08 Å². The lowest BCUT2D eigenvalue weighted by atomic mass is 10.2. The third-order valence-electron chi connectivity index (χ3n) is 7.11. The molecule has 0 saturated carbocycles. The molecule has 5 aromatic carbocycles. The summed E-state index contributed by atoms with van der Waals surface area (Å²) in [6, 6.07) is 52.6. The number of hydrogen-bond acceptors (Lipinski definition) is 1. The van der Waals surface area contributed by atoms with Crippen LogP contribution < -0.4 is 26.5 Å². The molecule has 0 aliphatic heterocycles. The van der Waals surface area contributed by atoms with Gasteiger partial charge in [0.25, 0.3) is 0 Å². The first-order valence-corrected chi connectivity index (χ1v) is 18.2. The smallest absolute Gasteiger partial charge is 0.211 e. The van der Waals surface area contributed by atoms with Crippen LogP contribution in [0.5, 0.6) is 0 Å². The molecule has 0 fully saturated rings. The molecule has 1 aliphatic rings. The highest BCUT2D eigenvalue weighted by molar-refractivity contribution is 8.23. The lowest BCUT2D eigenvalue weighted by Gasteiger charge is -2.30. The van der Waals surface area contributed by atoms with Crippen LogP contribution in [0.2, 0.25) is 0 Å². The minimum absolute atomic E-state index is 0.844. The van der Waals surface area contributed by atoms with Crippen LogP contribution in [-0.4, -0.2) is 4.78 Å². The molecule has 0 aromatic heterocycles. The van der Waals surface area contributed by atoms with Crippen molar-refractivity contribution in [2.75, 3.05) is 0 Å². The lowest BCUT2D eigenvalue weighted by Crippen LogP contribution is -2.28. The Bertz CT molecular complexity index is 1630. The van der Waals surface area contributed by atoms with Gasteiger partial charge in [-0.15, -0.1) is 12.2 Å². The Balaban J connectivity index is 1.81. The maximum Gasteiger partial charge on any atom is 0.211 e. The zero-order valence-corrected chi connectivity index (χ0v) is 25.4. The molecule has 1 nitrogen and oxygen atoms in total. The molecule has 1 aliphatic carbocycles. The molecule has 0 bridgehead atoms. The molecule has 4 heteroatoms. The fourth-order valence-electron chi connectivity index (χ4n) is 5.23. The Morgan fingerprint density at radius 1 is 0.585 bits per heavy atom. The van der Waals surface area contributed by atoms with Crippen LogP contribution in [0.15, 0.2) is 176 Å². The molecule has 0 spiro atoms. The van der Waals surface area contributed by atoms with Crippen molar-refractivity contribution in [3.05, 3.63) is 182 Å². The highest BCUT2D eigenvalue weighted by atomic mass is 31.2. The summed E-state index contributed by atoms with van der Waals surface area (Å²) in [4.78, 5) is 0. The van der Waals surface area contributed by atoms with Crippen molar-refractivity contribution < 1.29 is 4.57 Å². The van der Waals surface area contributed by atoms with E-state index in [1.54, 1.807) is 0 Å². The second-order valence-electron chi connectivity index (χ2n) is 9.74. The molecular formula is C37H31OP3. The normalized spacial score (nSPS) is 13.7. The van der Waals surface area contributed by atoms with Gasteiger partial charge in [-0.2, -0.15) is 6.08 Å². The Labute approximate surface area is 245 Å². The average Bonchev–Trinajstić information content (AvgIpc) is 3.07. The maximum absolute atomic E-state index is 16.5. The van der Waals surface area contributed by atoms with E-state index in [0.717, 1.165) is 21.8 Å². The molecule has 0 radical (unpaired) electrons. The molecule has 0 N–H and O–H groups in total. The van der Waals surface area contributed by atoms with E-state index in [1.165, 1.54) is 21.6 Å². The van der Waals surface area contributed by atoms with Gasteiger partial charge in [0.1, 0.15) is 5.30 Å². The quantitative estimate of drug-likeness (QED) is 0.133. The van der Waals surface area contributed by atoms with E-state index in [2.05, 4.69) is 140 Å². The summed E-state index contributed by atoms with van der Waals surface area (Å²) in [5.74, 6) is 0. The summed E-state index contributed by atoms with van der Waals surface area (Å²) in [6.45, 7) is 0. The first-order chi connectivity index (χ1) is 20.3. The summed E-state index contributed by atoms with van der Waals surface area (Å²) in [7, 11) is -5.55. The van der Waals surface area contributed by atoms with Crippen molar-refractivity contribution in [3.63, 3.8) is 0 Å². The third-order valence-corrected chi connectivity index (χ3v) is 18.0. The largest absolute Gasteiger partial charge is 0.305 e. The molecule has 0 saturated heterocycles. The van der Waals surface area contributed by atoms with E-state index >= 15 is 4.57 Å². The van der Waals surface area contributed by atoms with Crippen LogP contribution in [0.25, 0.3) is 0 Å². The van der Waals surface area contributed by atoms with Crippen molar-refractivity contribution in [2.24, 2.45) is 0 Å². The third kappa shape index (κ3) is 5.73. The summed E-state index contributed by atoms with van der Waals surface area (Å²) >= 11 is 0. The monoisotopic (exact) mass is 584 g/mol. The Hall–Kier alpha value is -3.72. The van der Waals surface area contributed by atoms with Crippen molar-refractivity contribution in [1.82, 2.24) is 0 Å². The molecule has 0 heterocycles.